The third-order valence-electron chi connectivity index (χ3n) is 0.917. The molecule has 0 aliphatic rings. The van der Waals surface area contributed by atoms with Crippen LogP contribution in [0.3, 0.4) is 0 Å². The van der Waals surface area contributed by atoms with Gasteiger partial charge in [-0.1, -0.05) is 0 Å². The van der Waals surface area contributed by atoms with Gasteiger partial charge < -0.3 is 0 Å². The summed E-state index contributed by atoms with van der Waals surface area (Å²) in [6.07, 6.45) is 0. The molecule has 0 aliphatic carbocycles. The maximum Gasteiger partial charge on any atom is 0 e. The van der Waals surface area contributed by atoms with Crippen LogP contribution in [0.1, 0.15) is 0 Å². The Labute approximate surface area is 315 Å². The summed E-state index contributed by atoms with van der Waals surface area (Å²) in [4.78, 5) is 0. The minimum absolute atomic E-state index is 1.37. The zero-order valence-electron chi connectivity index (χ0n) is 14.7. The molecule has 0 radical (unpaired) electrons. The molecule has 0 spiro atoms. The zero-order chi connectivity index (χ0) is 26.0. The lowest BCUT2D eigenvalue weighted by Crippen LogP contribution is -1.41. The summed E-state index contributed by atoms with van der Waals surface area (Å²) in [7, 11) is 60.1. The van der Waals surface area contributed by atoms with E-state index in [0.717, 1.165) is 0 Å². The molecule has 0 bridgehead atoms. The molecular formula is S36. The molecule has 0 aliphatic heterocycles. The molecule has 0 nitrogen and oxygen atoms in total. The van der Waals surface area contributed by atoms with Crippen LogP contribution in [0, 0.1) is 0 Å². The monoisotopic (exact) mass is 1150 g/mol. The van der Waals surface area contributed by atoms with E-state index in [9.17, 15) is 0 Å². The van der Waals surface area contributed by atoms with Crippen LogP contribution in [0.25, 0.3) is 0 Å². The van der Waals surface area contributed by atoms with Gasteiger partial charge in [-0.25, -0.2) is 0 Å². The van der Waals surface area contributed by atoms with Crippen LogP contribution < -0.4 is 0 Å². The highest BCUT2D eigenvalue weighted by molar-refractivity contribution is 8.80. The fourth-order valence-electron chi connectivity index (χ4n) is 0.363. The third-order valence-corrected chi connectivity index (χ3v) is 74.2. The summed E-state index contributed by atoms with van der Waals surface area (Å²) < 4.78 is 0. The Morgan fingerprint density at radius 2 is 0.222 bits per heavy atom. The van der Waals surface area contributed by atoms with Crippen molar-refractivity contribution in [2.24, 2.45) is 0 Å². The van der Waals surface area contributed by atoms with Crippen LogP contribution in [0.2, 0.25) is 0 Å². The van der Waals surface area contributed by atoms with Gasteiger partial charge in [0.15, 0.2) is 0 Å². The van der Waals surface area contributed by atoms with Crippen molar-refractivity contribution in [3.05, 3.63) is 0 Å². The molecule has 0 rings (SSSR count). The van der Waals surface area contributed by atoms with E-state index >= 15 is 0 Å². The summed E-state index contributed by atoms with van der Waals surface area (Å²) in [6, 6.07) is 0. The number of hydrogen-bond acceptors (Lipinski definition) is 2. The summed E-state index contributed by atoms with van der Waals surface area (Å²) >= 11 is 9.59. The Morgan fingerprint density at radius 1 is 0.139 bits per heavy atom. The van der Waals surface area contributed by atoms with Crippen molar-refractivity contribution in [1.29, 1.82) is 0 Å². The highest BCUT2D eigenvalue weighted by Crippen LogP contribution is 1.44. The smallest absolute Gasteiger partial charge is 0 e. The topological polar surface area (TPSA) is 0 Å². The summed E-state index contributed by atoms with van der Waals surface area (Å²) in [5.41, 5.74) is 0. The minimum Gasteiger partial charge on any atom is 0 e. The van der Waals surface area contributed by atoms with E-state index < -0.39 is 0 Å². The molecule has 0 aromatic carbocycles. The van der Waals surface area contributed by atoms with Gasteiger partial charge in [0.25, 0.3) is 0 Å². The van der Waals surface area contributed by atoms with E-state index in [4.69, 9.17) is 22.4 Å². The second-order valence-corrected chi connectivity index (χ2v) is 62.5. The largest absolute Gasteiger partial charge is 0 e. The van der Waals surface area contributed by atoms with Crippen molar-refractivity contribution in [2.75, 3.05) is 0 Å². The fourth-order valence-corrected chi connectivity index (χ4v) is 88.2. The zero-order valence-corrected chi connectivity index (χ0v) is 44.1. The van der Waals surface area contributed by atoms with Crippen molar-refractivity contribution in [1.82, 2.24) is 0 Å². The van der Waals surface area contributed by atoms with Gasteiger partial charge in [0.05, 0.1) is 0 Å². The average Bonchev–Trinajstić information content (AvgIpc) is 2.89. The van der Waals surface area contributed by atoms with Crippen molar-refractivity contribution in [3.8, 4) is 0 Å². The lowest BCUT2D eigenvalue weighted by atomic mass is 30.7. The van der Waals surface area contributed by atoms with Crippen LogP contribution in [-0.2, 0) is 324 Å². The van der Waals surface area contributed by atoms with Crippen molar-refractivity contribution in [2.45, 2.75) is 0 Å². The van der Waals surface area contributed by atoms with Crippen molar-refractivity contribution in [3.63, 3.8) is 0 Å². The van der Waals surface area contributed by atoms with Gasteiger partial charge in [-0.2, -0.15) is 0 Å². The first-order chi connectivity index (χ1) is 17.9. The second-order valence-electron chi connectivity index (χ2n) is 2.31. The molecule has 0 fully saturated rings. The highest BCUT2D eigenvalue weighted by Gasteiger charge is 1.44. The molecule has 0 aromatic rings. The quantitative estimate of drug-likeness (QED) is 0.334. The Hall–Kier alpha value is 7.92. The van der Waals surface area contributed by atoms with Gasteiger partial charge in [-0.15, -0.1) is 0 Å². The molecule has 0 aromatic heterocycles. The van der Waals surface area contributed by atoms with Crippen molar-refractivity contribution < 1.29 is 0 Å². The highest BCUT2D eigenvalue weighted by atomic mass is 33.5. The standard InChI is InChI=1S/S36/c1-3-5-7-9-11-13-15-17-19-21-23-25-27-29-31-33-35-36-34-32-30-28-26-24-22-20-18-16-14-12-10-8-6-4-2. The normalized spacial score (nSPS) is 7.67. The second kappa shape index (κ2) is 42.9. The van der Waals surface area contributed by atoms with E-state index in [1.54, 1.807) is 107 Å². The van der Waals surface area contributed by atoms with Gasteiger partial charge >= 0.3 is 0 Å². The van der Waals surface area contributed by atoms with Crippen LogP contribution in [-0.4, -0.2) is 0 Å². The predicted molar refractivity (Wildman–Crippen MR) is 265 cm³/mol. The minimum atomic E-state index is 1.37. The van der Waals surface area contributed by atoms with E-state index in [-0.39, 0.29) is 0 Å². The molecule has 216 valence electrons. The molecule has 0 N–H and O–H groups in total. The van der Waals surface area contributed by atoms with Crippen LogP contribution in [0.5, 0.6) is 0 Å². The molecule has 0 unspecified atom stereocenters. The predicted octanol–water partition coefficient (Wildman–Crippen LogP) is -0.0864. The van der Waals surface area contributed by atoms with Gasteiger partial charge in [0, 0.05) is 324 Å². The summed E-state index contributed by atoms with van der Waals surface area (Å²) in [6.45, 7) is 0. The summed E-state index contributed by atoms with van der Waals surface area (Å²) in [5.74, 6) is 0. The van der Waals surface area contributed by atoms with Gasteiger partial charge in [0.1, 0.15) is 0 Å². The molecule has 0 atom stereocenters. The van der Waals surface area contributed by atoms with E-state index in [1.807, 2.05) is 178 Å². The molecule has 36 heavy (non-hydrogen) atoms. The molecule has 0 saturated carbocycles. The fraction of sp³-hybridized carbons (Fsp3) is 0. The number of hydrogen-bond donors (Lipinski definition) is 0. The molecule has 36 heteroatoms. The Balaban J connectivity index is 6.00. The van der Waals surface area contributed by atoms with Crippen LogP contribution in [0.15, 0.2) is 0 Å². The molecule has 0 heterocycles. The van der Waals surface area contributed by atoms with E-state index in [0.29, 0.717) is 0 Å². The Bertz CT molecular complexity index is 2090. The van der Waals surface area contributed by atoms with Crippen molar-refractivity contribution >= 4 is 324 Å². The lowest BCUT2D eigenvalue weighted by Gasteiger charge is -1.41. The number of rotatable bonds is 0. The summed E-state index contributed by atoms with van der Waals surface area (Å²) in [5, 5.41) is 0. The molecule has 0 amide bonds. The van der Waals surface area contributed by atoms with E-state index in [1.165, 1.54) is 17.8 Å². The Kier molecular flexibility index (Phi) is 52.4. The van der Waals surface area contributed by atoms with Gasteiger partial charge in [-0.05, 0) is 0 Å². The SMILES string of the molecule is S=S=S=S=S=S=S=S=S=S=S=S=S=S=S=S=S=S=S=S=S=S=S=S=S=S=S=S=S=S=S=S=S=S=S=S. The van der Waals surface area contributed by atoms with Gasteiger partial charge in [0.2, 0.25) is 0 Å². The van der Waals surface area contributed by atoms with Gasteiger partial charge in [-0.3, -0.25) is 0 Å². The lowest BCUT2D eigenvalue weighted by molar-refractivity contribution is 5.96. The first-order valence-corrected chi connectivity index (χ1v) is 52.5. The Morgan fingerprint density at radius 3 is 0.306 bits per heavy atom. The molecular weight excluding hydrogens is 1150 g/mol. The maximum atomic E-state index is 4.80. The third kappa shape index (κ3) is 41.9. The van der Waals surface area contributed by atoms with Crippen LogP contribution >= 0.6 is 0 Å². The maximum absolute atomic E-state index is 4.80. The van der Waals surface area contributed by atoms with Crippen LogP contribution in [0.4, 0.5) is 0 Å². The average molecular weight is 1150 g/mol. The molecule has 0 saturated heterocycles. The van der Waals surface area contributed by atoms with E-state index in [2.05, 4.69) is 0 Å². The first-order valence-electron chi connectivity index (χ1n) is 5.83. The first kappa shape index (κ1) is 43.9.